The summed E-state index contributed by atoms with van der Waals surface area (Å²) in [5.74, 6) is -5.92. The highest BCUT2D eigenvalue weighted by Crippen LogP contribution is 2.40. The van der Waals surface area contributed by atoms with Crippen LogP contribution in [0, 0.1) is 0 Å². The van der Waals surface area contributed by atoms with Gasteiger partial charge >= 0.3 is 11.8 Å². The van der Waals surface area contributed by atoms with E-state index in [4.69, 9.17) is 9.47 Å². The number of aliphatic carboxylic acids is 1. The molecule has 12 nitrogen and oxygen atoms in total. The molecule has 1 amide bonds. The Labute approximate surface area is 251 Å². The lowest BCUT2D eigenvalue weighted by Gasteiger charge is -2.46. The van der Waals surface area contributed by atoms with Gasteiger partial charge < -0.3 is 50.5 Å². The van der Waals surface area contributed by atoms with Gasteiger partial charge in [0, 0.05) is 48.9 Å². The second-order valence-electron chi connectivity index (χ2n) is 10.7. The minimum Gasteiger partial charge on any atom is -0.476 e. The van der Waals surface area contributed by atoms with Crippen LogP contribution in [0.15, 0.2) is 54.6 Å². The van der Waals surface area contributed by atoms with Crippen LogP contribution in [0.5, 0.6) is 5.75 Å². The number of carboxylic acid groups (broad SMARTS) is 1. The van der Waals surface area contributed by atoms with Crippen LogP contribution >= 0.6 is 0 Å². The van der Waals surface area contributed by atoms with Crippen molar-refractivity contribution >= 4 is 39.7 Å². The lowest BCUT2D eigenvalue weighted by molar-refractivity contribution is -0.284. The summed E-state index contributed by atoms with van der Waals surface area (Å²) >= 11 is 0. The third kappa shape index (κ3) is 6.69. The lowest BCUT2D eigenvalue weighted by atomic mass is 9.88. The number of fused-ring (bicyclic) bond motifs is 1. The summed E-state index contributed by atoms with van der Waals surface area (Å²) < 4.78 is 39.9. The molecule has 1 aliphatic heterocycles. The molecule has 3 aromatic rings. The van der Waals surface area contributed by atoms with Gasteiger partial charge in [-0.05, 0) is 30.3 Å². The zero-order chi connectivity index (χ0) is 32.3. The van der Waals surface area contributed by atoms with Gasteiger partial charge in [-0.2, -0.15) is 0 Å². The summed E-state index contributed by atoms with van der Waals surface area (Å²) in [4.78, 5) is 26.2. The number of alkyl halides is 2. The number of anilines is 3. The van der Waals surface area contributed by atoms with Gasteiger partial charge in [0.15, 0.2) is 0 Å². The molecular weight excluding hydrogens is 584 g/mol. The van der Waals surface area contributed by atoms with E-state index < -0.39 is 78.9 Å². The van der Waals surface area contributed by atoms with Gasteiger partial charge in [-0.25, -0.2) is 13.6 Å². The first-order chi connectivity index (χ1) is 20.8. The number of halogens is 2. The van der Waals surface area contributed by atoms with Crippen LogP contribution in [-0.4, -0.2) is 94.4 Å². The minimum absolute atomic E-state index is 0.245. The molecule has 14 heteroatoms. The molecule has 6 atom stereocenters. The summed E-state index contributed by atoms with van der Waals surface area (Å²) in [6.07, 6.45) is -11.4. The molecule has 0 aromatic heterocycles. The minimum atomic E-state index is -3.14. The fourth-order valence-corrected chi connectivity index (χ4v) is 5.25. The molecule has 3 aromatic carbocycles. The van der Waals surface area contributed by atoms with Crippen molar-refractivity contribution in [2.75, 3.05) is 30.9 Å². The molecule has 4 rings (SSSR count). The SMILES string of the molecule is CC(=O)NC1C(O)CC(Oc2ccc(Nc3cccc4c(N(C)C)cccc34)cc2C(F)F)(C(=O)O)OC1C(O)C(O)CO. The maximum absolute atomic E-state index is 14.4. The summed E-state index contributed by atoms with van der Waals surface area (Å²) in [6, 6.07) is 13.4. The van der Waals surface area contributed by atoms with E-state index >= 15 is 0 Å². The summed E-state index contributed by atoms with van der Waals surface area (Å²) in [6.45, 7) is 0.125. The molecule has 1 saturated heterocycles. The molecule has 0 spiro atoms. The van der Waals surface area contributed by atoms with Gasteiger partial charge in [0.2, 0.25) is 5.91 Å². The van der Waals surface area contributed by atoms with E-state index in [1.165, 1.54) is 6.07 Å². The molecule has 0 bridgehead atoms. The molecule has 0 aliphatic carbocycles. The van der Waals surface area contributed by atoms with Crippen LogP contribution in [0.25, 0.3) is 10.8 Å². The largest absolute Gasteiger partial charge is 0.476 e. The van der Waals surface area contributed by atoms with Gasteiger partial charge in [-0.1, -0.05) is 24.3 Å². The Morgan fingerprint density at radius 2 is 1.80 bits per heavy atom. The zero-order valence-corrected chi connectivity index (χ0v) is 24.1. The topological polar surface area (TPSA) is 181 Å². The number of ether oxygens (including phenoxy) is 2. The van der Waals surface area contributed by atoms with E-state index in [0.29, 0.717) is 5.69 Å². The van der Waals surface area contributed by atoms with Crippen molar-refractivity contribution in [2.24, 2.45) is 0 Å². The molecule has 7 N–H and O–H groups in total. The van der Waals surface area contributed by atoms with Crippen molar-refractivity contribution in [3.63, 3.8) is 0 Å². The average molecular weight is 620 g/mol. The van der Waals surface area contributed by atoms with Gasteiger partial charge in [0.1, 0.15) is 24.1 Å². The normalized spacial score (nSPS) is 23.2. The smallest absolute Gasteiger partial charge is 0.377 e. The Morgan fingerprint density at radius 1 is 1.11 bits per heavy atom. The van der Waals surface area contributed by atoms with Crippen LogP contribution in [0.4, 0.5) is 25.8 Å². The molecule has 238 valence electrons. The number of nitrogens with zero attached hydrogens (tertiary/aromatic N) is 1. The van der Waals surface area contributed by atoms with E-state index in [1.54, 1.807) is 6.07 Å². The second kappa shape index (κ2) is 13.3. The highest BCUT2D eigenvalue weighted by Gasteiger charge is 2.57. The number of carbonyl (C=O) groups excluding carboxylic acids is 1. The van der Waals surface area contributed by atoms with Crippen LogP contribution < -0.4 is 20.3 Å². The zero-order valence-electron chi connectivity index (χ0n) is 24.1. The van der Waals surface area contributed by atoms with Gasteiger partial charge in [0.05, 0.1) is 30.7 Å². The van der Waals surface area contributed by atoms with E-state index in [1.807, 2.05) is 49.3 Å². The molecule has 1 aliphatic rings. The molecule has 6 unspecified atom stereocenters. The van der Waals surface area contributed by atoms with E-state index in [9.17, 15) is 43.9 Å². The van der Waals surface area contributed by atoms with E-state index in [0.717, 1.165) is 35.5 Å². The highest BCUT2D eigenvalue weighted by atomic mass is 19.3. The number of amides is 1. The first-order valence-electron chi connectivity index (χ1n) is 13.7. The maximum atomic E-state index is 14.4. The van der Waals surface area contributed by atoms with Crippen LogP contribution in [0.1, 0.15) is 25.3 Å². The Bertz CT molecular complexity index is 1510. The molecule has 0 saturated carbocycles. The predicted molar refractivity (Wildman–Crippen MR) is 156 cm³/mol. The van der Waals surface area contributed by atoms with Gasteiger partial charge in [-0.3, -0.25) is 4.79 Å². The van der Waals surface area contributed by atoms with Crippen molar-refractivity contribution in [2.45, 2.75) is 56.0 Å². The number of carboxylic acids is 1. The number of nitrogens with one attached hydrogen (secondary N) is 2. The number of hydrogen-bond donors (Lipinski definition) is 7. The van der Waals surface area contributed by atoms with E-state index in [-0.39, 0.29) is 5.69 Å². The Morgan fingerprint density at radius 3 is 2.41 bits per heavy atom. The number of carbonyl (C=O) groups is 2. The number of hydrogen-bond acceptors (Lipinski definition) is 10. The molecule has 0 radical (unpaired) electrons. The summed E-state index contributed by atoms with van der Waals surface area (Å²) in [5, 5.41) is 58.1. The molecular formula is C30H35F2N3O9. The highest BCUT2D eigenvalue weighted by molar-refractivity contribution is 6.02. The fraction of sp³-hybridized carbons (Fsp3) is 0.400. The Hall–Kier alpha value is -4.08. The van der Waals surface area contributed by atoms with E-state index in [2.05, 4.69) is 10.6 Å². The number of aliphatic hydroxyl groups is 4. The lowest BCUT2D eigenvalue weighted by Crippen LogP contribution is -2.68. The monoisotopic (exact) mass is 619 g/mol. The Balaban J connectivity index is 1.70. The van der Waals surface area contributed by atoms with Crippen molar-refractivity contribution in [3.8, 4) is 5.75 Å². The van der Waals surface area contributed by atoms with Gasteiger partial charge in [-0.15, -0.1) is 0 Å². The van der Waals surface area contributed by atoms with Gasteiger partial charge in [0.25, 0.3) is 6.43 Å². The van der Waals surface area contributed by atoms with Crippen molar-refractivity contribution < 1.29 is 53.4 Å². The maximum Gasteiger partial charge on any atom is 0.377 e. The quantitative estimate of drug-likeness (QED) is 0.167. The van der Waals surface area contributed by atoms with Crippen molar-refractivity contribution in [1.82, 2.24) is 5.32 Å². The van der Waals surface area contributed by atoms with Crippen molar-refractivity contribution in [3.05, 3.63) is 60.2 Å². The van der Waals surface area contributed by atoms with Crippen LogP contribution in [0.2, 0.25) is 0 Å². The number of rotatable bonds is 11. The van der Waals surface area contributed by atoms with Crippen LogP contribution in [-0.2, 0) is 14.3 Å². The molecule has 1 heterocycles. The third-order valence-electron chi connectivity index (χ3n) is 7.37. The standard InChI is InChI=1S/C30H35F2N3O9/c1-15(37)33-25-22(38)13-30(29(41)42,44-27(25)26(40)23(39)14-36)43-24-11-10-16(12-19(24)28(31)32)34-20-8-4-7-18-17(20)6-5-9-21(18)35(2)3/h4-12,22-23,25-28,34,36,38-40H,13-14H2,1-3H3,(H,33,37)(H,41,42). The average Bonchev–Trinajstić information content (AvgIpc) is 2.97. The first-order valence-corrected chi connectivity index (χ1v) is 13.7. The first kappa shape index (κ1) is 32.8. The summed E-state index contributed by atoms with van der Waals surface area (Å²) in [5.41, 5.74) is 1.13. The second-order valence-corrected chi connectivity index (χ2v) is 10.7. The fourth-order valence-electron chi connectivity index (χ4n) is 5.25. The number of benzene rings is 3. The molecule has 1 fully saturated rings. The summed E-state index contributed by atoms with van der Waals surface area (Å²) in [7, 11) is 3.80. The Kier molecular flexibility index (Phi) is 9.91. The third-order valence-corrected chi connectivity index (χ3v) is 7.37. The van der Waals surface area contributed by atoms with Crippen molar-refractivity contribution in [1.29, 1.82) is 0 Å². The predicted octanol–water partition coefficient (Wildman–Crippen LogP) is 2.12. The molecule has 44 heavy (non-hydrogen) atoms. The van der Waals surface area contributed by atoms with Crippen LogP contribution in [0.3, 0.4) is 0 Å². The number of aliphatic hydroxyl groups excluding tert-OH is 4.